The van der Waals surface area contributed by atoms with Crippen LogP contribution >= 0.6 is 0 Å². The number of rotatable bonds is 2. The van der Waals surface area contributed by atoms with Crippen LogP contribution in [0, 0.1) is 6.92 Å². The van der Waals surface area contributed by atoms with Crippen molar-refractivity contribution in [2.45, 2.75) is 20.8 Å². The van der Waals surface area contributed by atoms with Crippen molar-refractivity contribution in [1.82, 2.24) is 9.80 Å². The van der Waals surface area contributed by atoms with Gasteiger partial charge in [0.2, 0.25) is 0 Å². The van der Waals surface area contributed by atoms with E-state index < -0.39 is 0 Å². The molecular formula is C16H26N2O2. The van der Waals surface area contributed by atoms with Crippen molar-refractivity contribution < 1.29 is 9.53 Å². The Morgan fingerprint density at radius 3 is 2.30 bits per heavy atom. The van der Waals surface area contributed by atoms with Crippen LogP contribution in [0.4, 0.5) is 0 Å². The first-order chi connectivity index (χ1) is 9.61. The molecule has 1 aromatic rings. The zero-order valence-electron chi connectivity index (χ0n) is 13.3. The lowest BCUT2D eigenvalue weighted by molar-refractivity contribution is 0.0661. The first-order valence-electron chi connectivity index (χ1n) is 7.24. The van der Waals surface area contributed by atoms with Crippen LogP contribution in [0.15, 0.2) is 18.2 Å². The van der Waals surface area contributed by atoms with Crippen molar-refractivity contribution in [3.05, 3.63) is 29.3 Å². The number of likely N-dealkylation sites (N-methyl/N-ethyl adjacent to an activating group) is 1. The highest BCUT2D eigenvalue weighted by Crippen LogP contribution is 2.22. The van der Waals surface area contributed by atoms with Crippen LogP contribution in [-0.4, -0.2) is 56.0 Å². The molecule has 0 aromatic heterocycles. The quantitative estimate of drug-likeness (QED) is 0.833. The maximum Gasteiger partial charge on any atom is 0.257 e. The Kier molecular flexibility index (Phi) is 6.52. The van der Waals surface area contributed by atoms with Gasteiger partial charge in [0, 0.05) is 26.2 Å². The molecule has 1 amide bonds. The monoisotopic (exact) mass is 278 g/mol. The van der Waals surface area contributed by atoms with Crippen molar-refractivity contribution in [3.63, 3.8) is 0 Å². The average Bonchev–Trinajstić information content (AvgIpc) is 2.49. The van der Waals surface area contributed by atoms with Crippen LogP contribution in [0.1, 0.15) is 29.8 Å². The summed E-state index contributed by atoms with van der Waals surface area (Å²) in [7, 11) is 3.68. The molecule has 4 nitrogen and oxygen atoms in total. The number of amides is 1. The molecule has 1 fully saturated rings. The van der Waals surface area contributed by atoms with Crippen LogP contribution in [0.5, 0.6) is 5.75 Å². The number of hydrogen-bond donors (Lipinski definition) is 0. The van der Waals surface area contributed by atoms with Crippen molar-refractivity contribution in [3.8, 4) is 5.75 Å². The van der Waals surface area contributed by atoms with E-state index in [1.165, 1.54) is 0 Å². The fourth-order valence-electron chi connectivity index (χ4n) is 2.16. The van der Waals surface area contributed by atoms with Gasteiger partial charge in [-0.1, -0.05) is 19.9 Å². The van der Waals surface area contributed by atoms with E-state index in [-0.39, 0.29) is 5.91 Å². The van der Waals surface area contributed by atoms with Crippen LogP contribution in [0.3, 0.4) is 0 Å². The summed E-state index contributed by atoms with van der Waals surface area (Å²) in [4.78, 5) is 16.6. The van der Waals surface area contributed by atoms with E-state index in [9.17, 15) is 4.79 Å². The Hall–Kier alpha value is -1.55. The smallest absolute Gasteiger partial charge is 0.257 e. The number of carbonyl (C=O) groups is 1. The number of nitrogens with zero attached hydrogens (tertiary/aromatic N) is 2. The fraction of sp³-hybridized carbons (Fsp3) is 0.562. The first-order valence-corrected chi connectivity index (χ1v) is 7.24. The number of piperazine rings is 1. The molecule has 0 bridgehead atoms. The Bertz CT molecular complexity index is 438. The van der Waals surface area contributed by atoms with Crippen molar-refractivity contribution in [2.24, 2.45) is 0 Å². The summed E-state index contributed by atoms with van der Waals surface area (Å²) in [6.45, 7) is 9.42. The predicted molar refractivity (Wildman–Crippen MR) is 82.5 cm³/mol. The molecule has 2 rings (SSSR count). The SMILES string of the molecule is CC.COc1cc(C)ccc1C(=O)N1CCN(C)CC1. The number of aryl methyl sites for hydroxylation is 1. The summed E-state index contributed by atoms with van der Waals surface area (Å²) in [6.07, 6.45) is 0. The molecule has 20 heavy (non-hydrogen) atoms. The van der Waals surface area contributed by atoms with E-state index in [2.05, 4.69) is 11.9 Å². The van der Waals surface area contributed by atoms with Gasteiger partial charge in [-0.05, 0) is 31.7 Å². The number of carbonyl (C=O) groups excluding carboxylic acids is 1. The lowest BCUT2D eigenvalue weighted by atomic mass is 10.1. The van der Waals surface area contributed by atoms with Crippen LogP contribution in [0.25, 0.3) is 0 Å². The van der Waals surface area contributed by atoms with Crippen LogP contribution in [0.2, 0.25) is 0 Å². The van der Waals surface area contributed by atoms with Crippen molar-refractivity contribution in [1.29, 1.82) is 0 Å². The van der Waals surface area contributed by atoms with E-state index in [0.717, 1.165) is 31.7 Å². The second kappa shape index (κ2) is 7.90. The van der Waals surface area contributed by atoms with Gasteiger partial charge in [-0.3, -0.25) is 4.79 Å². The van der Waals surface area contributed by atoms with Gasteiger partial charge in [-0.25, -0.2) is 0 Å². The minimum absolute atomic E-state index is 0.0694. The van der Waals surface area contributed by atoms with Gasteiger partial charge in [-0.2, -0.15) is 0 Å². The molecule has 1 aliphatic rings. The largest absolute Gasteiger partial charge is 0.496 e. The van der Waals surface area contributed by atoms with Gasteiger partial charge >= 0.3 is 0 Å². The van der Waals surface area contributed by atoms with Crippen LogP contribution < -0.4 is 4.74 Å². The molecule has 0 spiro atoms. The highest BCUT2D eigenvalue weighted by atomic mass is 16.5. The minimum atomic E-state index is 0.0694. The van der Waals surface area contributed by atoms with Gasteiger partial charge in [0.15, 0.2) is 0 Å². The lowest BCUT2D eigenvalue weighted by Crippen LogP contribution is -2.47. The molecule has 1 saturated heterocycles. The number of benzene rings is 1. The Morgan fingerprint density at radius 1 is 1.15 bits per heavy atom. The fourth-order valence-corrected chi connectivity index (χ4v) is 2.16. The number of hydrogen-bond acceptors (Lipinski definition) is 3. The summed E-state index contributed by atoms with van der Waals surface area (Å²) in [5.74, 6) is 0.735. The van der Waals surface area contributed by atoms with E-state index >= 15 is 0 Å². The molecule has 4 heteroatoms. The van der Waals surface area contributed by atoms with E-state index in [1.807, 2.05) is 43.9 Å². The van der Waals surface area contributed by atoms with Crippen molar-refractivity contribution in [2.75, 3.05) is 40.3 Å². The van der Waals surface area contributed by atoms with Gasteiger partial charge in [0.25, 0.3) is 5.91 Å². The predicted octanol–water partition coefficient (Wildman–Crippen LogP) is 2.42. The molecule has 0 radical (unpaired) electrons. The third-order valence-corrected chi connectivity index (χ3v) is 3.38. The Labute approximate surface area is 122 Å². The molecule has 0 atom stereocenters. The van der Waals surface area contributed by atoms with Crippen molar-refractivity contribution >= 4 is 5.91 Å². The van der Waals surface area contributed by atoms with E-state index in [4.69, 9.17) is 4.74 Å². The zero-order valence-corrected chi connectivity index (χ0v) is 13.3. The molecule has 0 unspecified atom stereocenters. The Morgan fingerprint density at radius 2 is 1.75 bits per heavy atom. The zero-order chi connectivity index (χ0) is 15.1. The maximum atomic E-state index is 12.4. The normalized spacial score (nSPS) is 15.3. The average molecular weight is 278 g/mol. The molecule has 1 aliphatic heterocycles. The lowest BCUT2D eigenvalue weighted by Gasteiger charge is -2.32. The Balaban J connectivity index is 0.000000956. The summed E-state index contributed by atoms with van der Waals surface area (Å²) in [5, 5.41) is 0. The molecular weight excluding hydrogens is 252 g/mol. The van der Waals surface area contributed by atoms with E-state index in [0.29, 0.717) is 11.3 Å². The standard InChI is InChI=1S/C14H20N2O2.C2H6/c1-11-4-5-12(13(10-11)18-3)14(17)16-8-6-15(2)7-9-16;1-2/h4-5,10H,6-9H2,1-3H3;1-2H3. The molecule has 1 aromatic carbocycles. The molecule has 1 heterocycles. The van der Waals surface area contributed by atoms with Gasteiger partial charge in [0.1, 0.15) is 5.75 Å². The number of methoxy groups -OCH3 is 1. The first kappa shape index (κ1) is 16.5. The van der Waals surface area contributed by atoms with Crippen LogP contribution in [-0.2, 0) is 0 Å². The highest BCUT2D eigenvalue weighted by Gasteiger charge is 2.22. The second-order valence-electron chi connectivity index (χ2n) is 4.80. The van der Waals surface area contributed by atoms with E-state index in [1.54, 1.807) is 7.11 Å². The summed E-state index contributed by atoms with van der Waals surface area (Å²) in [6, 6.07) is 5.71. The summed E-state index contributed by atoms with van der Waals surface area (Å²) >= 11 is 0. The summed E-state index contributed by atoms with van der Waals surface area (Å²) < 4.78 is 5.30. The molecule has 0 aliphatic carbocycles. The van der Waals surface area contributed by atoms with Gasteiger partial charge in [-0.15, -0.1) is 0 Å². The molecule has 112 valence electrons. The maximum absolute atomic E-state index is 12.4. The summed E-state index contributed by atoms with van der Waals surface area (Å²) in [5.41, 5.74) is 1.76. The second-order valence-corrected chi connectivity index (χ2v) is 4.80. The van der Waals surface area contributed by atoms with Gasteiger partial charge in [0.05, 0.1) is 12.7 Å². The third kappa shape index (κ3) is 3.97. The third-order valence-electron chi connectivity index (χ3n) is 3.38. The topological polar surface area (TPSA) is 32.8 Å². The van der Waals surface area contributed by atoms with Gasteiger partial charge < -0.3 is 14.5 Å². The number of ether oxygens (including phenoxy) is 1. The molecule has 0 N–H and O–H groups in total. The molecule has 0 saturated carbocycles. The minimum Gasteiger partial charge on any atom is -0.496 e. The highest BCUT2D eigenvalue weighted by molar-refractivity contribution is 5.97.